The van der Waals surface area contributed by atoms with Crippen LogP contribution >= 0.6 is 11.3 Å². The maximum Gasteiger partial charge on any atom is 0.187 e. The number of hydrogen-bond donors (Lipinski definition) is 1. The van der Waals surface area contributed by atoms with Crippen molar-refractivity contribution in [3.05, 3.63) is 6.20 Å². The Kier molecular flexibility index (Phi) is 3.46. The Morgan fingerprint density at radius 2 is 2.47 bits per heavy atom. The lowest BCUT2D eigenvalue weighted by Crippen LogP contribution is -2.39. The third kappa shape index (κ3) is 2.43. The normalized spacial score (nSPS) is 21.9. The van der Waals surface area contributed by atoms with E-state index in [1.807, 2.05) is 0 Å². The number of piperidine rings is 1. The first-order valence-corrected chi connectivity index (χ1v) is 6.61. The molecule has 2 rings (SSSR count). The van der Waals surface area contributed by atoms with E-state index in [1.165, 1.54) is 32.1 Å². The molecule has 0 spiro atoms. The minimum Gasteiger partial charge on any atom is -0.389 e. The lowest BCUT2D eigenvalue weighted by Gasteiger charge is -2.35. The van der Waals surface area contributed by atoms with Crippen molar-refractivity contribution >= 4 is 21.5 Å². The van der Waals surface area contributed by atoms with E-state index >= 15 is 0 Å². The highest BCUT2D eigenvalue weighted by atomic mass is 32.1. The minimum atomic E-state index is 0.689. The molecule has 0 radical (unpaired) electrons. The Bertz CT molecular complexity index is 309. The summed E-state index contributed by atoms with van der Waals surface area (Å²) in [6, 6.07) is 0.689. The third-order valence-corrected chi connectivity index (χ3v) is 3.87. The van der Waals surface area contributed by atoms with Crippen LogP contribution in [0.1, 0.15) is 39.0 Å². The second-order valence-corrected chi connectivity index (χ2v) is 5.22. The van der Waals surface area contributed by atoms with Gasteiger partial charge in [0.25, 0.3) is 0 Å². The molecule has 1 unspecified atom stereocenters. The maximum absolute atomic E-state index is 5.73. The summed E-state index contributed by atoms with van der Waals surface area (Å²) in [7, 11) is 0. The van der Waals surface area contributed by atoms with Gasteiger partial charge in [-0.05, 0) is 25.7 Å². The molecular formula is C11H19N3S. The van der Waals surface area contributed by atoms with Crippen molar-refractivity contribution in [2.75, 3.05) is 17.2 Å². The summed E-state index contributed by atoms with van der Waals surface area (Å²) in [5.41, 5.74) is 5.73. The van der Waals surface area contributed by atoms with E-state index in [9.17, 15) is 0 Å². The number of aromatic nitrogens is 1. The van der Waals surface area contributed by atoms with Crippen LogP contribution in [0.15, 0.2) is 6.20 Å². The first-order valence-electron chi connectivity index (χ1n) is 5.79. The summed E-state index contributed by atoms with van der Waals surface area (Å²) in [5.74, 6) is 0. The fraction of sp³-hybridized carbons (Fsp3) is 0.727. The molecule has 84 valence electrons. The zero-order valence-electron chi connectivity index (χ0n) is 9.28. The quantitative estimate of drug-likeness (QED) is 0.860. The number of nitrogens with two attached hydrogens (primary N) is 1. The topological polar surface area (TPSA) is 42.2 Å². The van der Waals surface area contributed by atoms with Crippen molar-refractivity contribution < 1.29 is 0 Å². The fourth-order valence-corrected chi connectivity index (χ4v) is 3.07. The van der Waals surface area contributed by atoms with Gasteiger partial charge in [-0.3, -0.25) is 0 Å². The van der Waals surface area contributed by atoms with Gasteiger partial charge in [-0.25, -0.2) is 4.98 Å². The maximum atomic E-state index is 5.73. The average molecular weight is 225 g/mol. The summed E-state index contributed by atoms with van der Waals surface area (Å²) < 4.78 is 0. The van der Waals surface area contributed by atoms with E-state index in [0.717, 1.165) is 16.7 Å². The highest BCUT2D eigenvalue weighted by Gasteiger charge is 2.23. The second kappa shape index (κ2) is 4.84. The molecule has 1 aromatic rings. The number of hydrogen-bond acceptors (Lipinski definition) is 4. The Morgan fingerprint density at radius 1 is 1.60 bits per heavy atom. The van der Waals surface area contributed by atoms with Gasteiger partial charge in [-0.2, -0.15) is 0 Å². The number of thiazole rings is 1. The van der Waals surface area contributed by atoms with Gasteiger partial charge in [0.1, 0.15) is 5.00 Å². The number of nitrogen functional groups attached to an aromatic ring is 1. The van der Waals surface area contributed by atoms with E-state index in [0.29, 0.717) is 6.04 Å². The molecule has 1 aliphatic heterocycles. The summed E-state index contributed by atoms with van der Waals surface area (Å²) in [4.78, 5) is 6.84. The van der Waals surface area contributed by atoms with Crippen molar-refractivity contribution in [1.29, 1.82) is 0 Å². The van der Waals surface area contributed by atoms with Crippen LogP contribution < -0.4 is 10.6 Å². The highest BCUT2D eigenvalue weighted by molar-refractivity contribution is 7.19. The molecule has 0 amide bonds. The summed E-state index contributed by atoms with van der Waals surface area (Å²) >= 11 is 1.62. The Labute approximate surface area is 95.3 Å². The molecule has 1 saturated heterocycles. The van der Waals surface area contributed by atoms with Gasteiger partial charge in [0, 0.05) is 12.6 Å². The van der Waals surface area contributed by atoms with Gasteiger partial charge in [-0.15, -0.1) is 0 Å². The average Bonchev–Trinajstić information content (AvgIpc) is 2.66. The van der Waals surface area contributed by atoms with Crippen LogP contribution in [-0.4, -0.2) is 17.6 Å². The van der Waals surface area contributed by atoms with Crippen LogP contribution in [0.3, 0.4) is 0 Å². The standard InChI is InChI=1S/C11H19N3S/c1-2-5-9-6-3-4-7-14(9)11-13-8-10(12)15-11/h8-9H,2-7,12H2,1H3. The van der Waals surface area contributed by atoms with E-state index in [-0.39, 0.29) is 0 Å². The fourth-order valence-electron chi connectivity index (χ4n) is 2.30. The van der Waals surface area contributed by atoms with Crippen molar-refractivity contribution in [3.8, 4) is 0 Å². The highest BCUT2D eigenvalue weighted by Crippen LogP contribution is 2.31. The van der Waals surface area contributed by atoms with Crippen molar-refractivity contribution in [3.63, 3.8) is 0 Å². The Balaban J connectivity index is 2.10. The zero-order chi connectivity index (χ0) is 10.7. The molecule has 4 heteroatoms. The summed E-state index contributed by atoms with van der Waals surface area (Å²) in [5, 5.41) is 1.94. The van der Waals surface area contributed by atoms with Gasteiger partial charge >= 0.3 is 0 Å². The molecule has 0 saturated carbocycles. The zero-order valence-corrected chi connectivity index (χ0v) is 10.1. The molecule has 1 fully saturated rings. The molecule has 1 atom stereocenters. The van der Waals surface area contributed by atoms with Crippen molar-refractivity contribution in [2.45, 2.75) is 45.1 Å². The first-order chi connectivity index (χ1) is 7.31. The summed E-state index contributed by atoms with van der Waals surface area (Å²) in [6.45, 7) is 3.40. The van der Waals surface area contributed by atoms with Crippen LogP contribution in [0.4, 0.5) is 10.1 Å². The number of anilines is 2. The van der Waals surface area contributed by atoms with E-state index in [1.54, 1.807) is 17.5 Å². The SMILES string of the molecule is CCCC1CCCCN1c1ncc(N)s1. The lowest BCUT2D eigenvalue weighted by molar-refractivity contribution is 0.434. The van der Waals surface area contributed by atoms with Crippen LogP contribution in [0.5, 0.6) is 0 Å². The predicted octanol–water partition coefficient (Wildman–Crippen LogP) is 2.88. The second-order valence-electron chi connectivity index (χ2n) is 4.18. The van der Waals surface area contributed by atoms with Gasteiger partial charge in [-0.1, -0.05) is 24.7 Å². The number of rotatable bonds is 3. The smallest absolute Gasteiger partial charge is 0.187 e. The molecule has 15 heavy (non-hydrogen) atoms. The van der Waals surface area contributed by atoms with Crippen LogP contribution in [-0.2, 0) is 0 Å². The Morgan fingerprint density at radius 3 is 3.13 bits per heavy atom. The molecule has 0 aliphatic carbocycles. The molecule has 0 bridgehead atoms. The van der Waals surface area contributed by atoms with Crippen LogP contribution in [0.25, 0.3) is 0 Å². The van der Waals surface area contributed by atoms with Crippen LogP contribution in [0.2, 0.25) is 0 Å². The molecule has 1 aromatic heterocycles. The molecular weight excluding hydrogens is 206 g/mol. The summed E-state index contributed by atoms with van der Waals surface area (Å²) in [6.07, 6.45) is 8.27. The lowest BCUT2D eigenvalue weighted by atomic mass is 9.99. The molecule has 2 N–H and O–H groups in total. The molecule has 1 aliphatic rings. The van der Waals surface area contributed by atoms with Gasteiger partial charge in [0.05, 0.1) is 6.20 Å². The molecule has 2 heterocycles. The number of nitrogens with zero attached hydrogens (tertiary/aromatic N) is 2. The van der Waals surface area contributed by atoms with Gasteiger partial charge in [0.15, 0.2) is 5.13 Å². The van der Waals surface area contributed by atoms with E-state index < -0.39 is 0 Å². The third-order valence-electron chi connectivity index (χ3n) is 3.01. The van der Waals surface area contributed by atoms with Crippen LogP contribution in [0, 0.1) is 0 Å². The molecule has 3 nitrogen and oxygen atoms in total. The predicted molar refractivity (Wildman–Crippen MR) is 66.4 cm³/mol. The van der Waals surface area contributed by atoms with Gasteiger partial charge < -0.3 is 10.6 Å². The minimum absolute atomic E-state index is 0.689. The van der Waals surface area contributed by atoms with Crippen molar-refractivity contribution in [2.24, 2.45) is 0 Å². The van der Waals surface area contributed by atoms with Crippen molar-refractivity contribution in [1.82, 2.24) is 4.98 Å². The molecule has 0 aromatic carbocycles. The van der Waals surface area contributed by atoms with E-state index in [2.05, 4.69) is 16.8 Å². The largest absolute Gasteiger partial charge is 0.389 e. The monoisotopic (exact) mass is 225 g/mol. The van der Waals surface area contributed by atoms with Gasteiger partial charge in [0.2, 0.25) is 0 Å². The Hall–Kier alpha value is -0.770. The first kappa shape index (κ1) is 10.7. The van der Waals surface area contributed by atoms with E-state index in [4.69, 9.17) is 5.73 Å².